The van der Waals surface area contributed by atoms with Gasteiger partial charge in [0.25, 0.3) is 5.91 Å². The molecule has 0 saturated carbocycles. The molecular weight excluding hydrogens is 534 g/mol. The molecule has 13 heteroatoms. The number of sulfonamides is 1. The normalized spacial score (nSPS) is 18.0. The van der Waals surface area contributed by atoms with E-state index in [2.05, 4.69) is 20.6 Å². The monoisotopic (exact) mass is 561 g/mol. The first-order valence-corrected chi connectivity index (χ1v) is 14.3. The Morgan fingerprint density at radius 2 is 2.16 bits per heavy atom. The minimum atomic E-state index is -3.33. The second-order valence-electron chi connectivity index (χ2n) is 8.98. The summed E-state index contributed by atoms with van der Waals surface area (Å²) in [5.41, 5.74) is 3.72. The second kappa shape index (κ2) is 10.8. The number of H-pyrrole nitrogens is 1. The molecule has 5 rings (SSSR count). The average molecular weight is 562 g/mol. The number of carbonyl (C=O) groups is 1. The van der Waals surface area contributed by atoms with Crippen LogP contribution in [0.2, 0.25) is 5.02 Å². The zero-order valence-electron chi connectivity index (χ0n) is 20.9. The quantitative estimate of drug-likeness (QED) is 0.382. The number of carbonyl (C=O) groups excluding carboxylic acids is 1. The minimum absolute atomic E-state index is 0.122. The van der Waals surface area contributed by atoms with Gasteiger partial charge in [-0.15, -0.1) is 0 Å². The molecule has 202 valence electrons. The number of hydrogen-bond donors (Lipinski definition) is 3. The molecule has 1 atom stereocenters. The number of benzene rings is 1. The van der Waals surface area contributed by atoms with Crippen LogP contribution in [0.1, 0.15) is 16.1 Å². The molecule has 2 aromatic heterocycles. The number of methoxy groups -OCH3 is 1. The molecule has 1 amide bonds. The zero-order valence-corrected chi connectivity index (χ0v) is 22.5. The van der Waals surface area contributed by atoms with E-state index < -0.39 is 16.1 Å². The van der Waals surface area contributed by atoms with Gasteiger partial charge in [0.1, 0.15) is 18.5 Å². The van der Waals surface area contributed by atoms with Gasteiger partial charge < -0.3 is 29.8 Å². The second-order valence-corrected chi connectivity index (χ2v) is 11.4. The fraction of sp³-hybridized carbons (Fsp3) is 0.360. The maximum absolute atomic E-state index is 12.9. The average Bonchev–Trinajstić information content (AvgIpc) is 3.27. The number of nitrogens with one attached hydrogen (secondary N) is 3. The van der Waals surface area contributed by atoms with Gasteiger partial charge in [-0.3, -0.25) is 9.78 Å². The standard InChI is InChI=1S/C25H28ClN5O6S/c1-35-24-17(26)4-3-5-19(24)30-23-21-18(7-9-28-25(21)32)29-22(23)16-6-8-27-12-20(16)37-14-15-13-31(10-11-36-15)38(2,33)34/h3-6,8,12,15,29-30H,7,9-11,13-14H2,1-2H3,(H,28,32)/t15-/m0/s1. The van der Waals surface area contributed by atoms with Gasteiger partial charge in [-0.25, -0.2) is 8.42 Å². The van der Waals surface area contributed by atoms with Gasteiger partial charge in [-0.05, 0) is 18.2 Å². The van der Waals surface area contributed by atoms with Gasteiger partial charge in [0.15, 0.2) is 5.75 Å². The summed E-state index contributed by atoms with van der Waals surface area (Å²) in [6.07, 6.45) is 4.58. The van der Waals surface area contributed by atoms with Crippen molar-refractivity contribution in [3.05, 3.63) is 52.9 Å². The van der Waals surface area contributed by atoms with Crippen LogP contribution in [0, 0.1) is 0 Å². The Morgan fingerprint density at radius 3 is 2.95 bits per heavy atom. The summed E-state index contributed by atoms with van der Waals surface area (Å²) in [4.78, 5) is 20.6. The Kier molecular flexibility index (Phi) is 7.48. The Hall–Kier alpha value is -3.32. The van der Waals surface area contributed by atoms with Crippen molar-refractivity contribution in [2.24, 2.45) is 0 Å². The predicted octanol–water partition coefficient (Wildman–Crippen LogP) is 2.81. The Balaban J connectivity index is 1.49. The minimum Gasteiger partial charge on any atom is -0.493 e. The van der Waals surface area contributed by atoms with Crippen molar-refractivity contribution >= 4 is 38.9 Å². The van der Waals surface area contributed by atoms with E-state index in [1.54, 1.807) is 30.6 Å². The molecule has 1 fully saturated rings. The number of fused-ring (bicyclic) bond motifs is 1. The van der Waals surface area contributed by atoms with Crippen molar-refractivity contribution in [3.8, 4) is 22.8 Å². The van der Waals surface area contributed by atoms with Crippen LogP contribution in [0.15, 0.2) is 36.7 Å². The number of ether oxygens (including phenoxy) is 3. The van der Waals surface area contributed by atoms with Crippen LogP contribution >= 0.6 is 11.6 Å². The molecule has 0 bridgehead atoms. The van der Waals surface area contributed by atoms with E-state index in [9.17, 15) is 13.2 Å². The van der Waals surface area contributed by atoms with E-state index in [1.165, 1.54) is 17.7 Å². The molecule has 3 N–H and O–H groups in total. The number of amides is 1. The van der Waals surface area contributed by atoms with Gasteiger partial charge in [0.2, 0.25) is 10.0 Å². The molecule has 0 spiro atoms. The molecule has 1 aromatic carbocycles. The summed E-state index contributed by atoms with van der Waals surface area (Å²) in [5, 5.41) is 6.67. The highest BCUT2D eigenvalue weighted by Crippen LogP contribution is 2.42. The number of pyridine rings is 1. The maximum atomic E-state index is 12.9. The molecule has 4 heterocycles. The van der Waals surface area contributed by atoms with Gasteiger partial charge in [0.05, 0.1) is 53.8 Å². The van der Waals surface area contributed by atoms with Crippen LogP contribution in [-0.4, -0.2) is 80.9 Å². The first-order chi connectivity index (χ1) is 18.3. The first-order valence-electron chi connectivity index (χ1n) is 12.0. The number of nitrogens with zero attached hydrogens (tertiary/aromatic N) is 2. The Morgan fingerprint density at radius 1 is 1.32 bits per heavy atom. The summed E-state index contributed by atoms with van der Waals surface area (Å²) in [5.74, 6) is 0.695. The molecule has 2 aliphatic rings. The highest BCUT2D eigenvalue weighted by molar-refractivity contribution is 7.88. The van der Waals surface area contributed by atoms with Crippen LogP contribution in [0.25, 0.3) is 11.3 Å². The van der Waals surface area contributed by atoms with Crippen LogP contribution < -0.4 is 20.1 Å². The Bertz CT molecular complexity index is 1460. The van der Waals surface area contributed by atoms with Crippen molar-refractivity contribution in [3.63, 3.8) is 0 Å². The summed E-state index contributed by atoms with van der Waals surface area (Å²) in [7, 11) is -1.80. The van der Waals surface area contributed by atoms with Crippen molar-refractivity contribution in [2.75, 3.05) is 51.5 Å². The largest absolute Gasteiger partial charge is 0.493 e. The third-order valence-corrected chi connectivity index (χ3v) is 8.01. The predicted molar refractivity (Wildman–Crippen MR) is 143 cm³/mol. The third-order valence-electron chi connectivity index (χ3n) is 6.45. The van der Waals surface area contributed by atoms with Crippen molar-refractivity contribution < 1.29 is 27.4 Å². The molecule has 38 heavy (non-hydrogen) atoms. The highest BCUT2D eigenvalue weighted by atomic mass is 35.5. The lowest BCUT2D eigenvalue weighted by atomic mass is 10.0. The fourth-order valence-corrected chi connectivity index (χ4v) is 5.73. The van der Waals surface area contributed by atoms with E-state index in [1.807, 2.05) is 6.07 Å². The van der Waals surface area contributed by atoms with Crippen LogP contribution in [-0.2, 0) is 21.2 Å². The van der Waals surface area contributed by atoms with Crippen molar-refractivity contribution in [1.29, 1.82) is 0 Å². The lowest BCUT2D eigenvalue weighted by Gasteiger charge is -2.31. The van der Waals surface area contributed by atoms with Gasteiger partial charge in [0, 0.05) is 43.5 Å². The molecule has 3 aromatic rings. The van der Waals surface area contributed by atoms with Gasteiger partial charge >= 0.3 is 0 Å². The molecule has 1 saturated heterocycles. The fourth-order valence-electron chi connectivity index (χ4n) is 4.63. The number of anilines is 2. The summed E-state index contributed by atoms with van der Waals surface area (Å²) >= 11 is 6.34. The summed E-state index contributed by atoms with van der Waals surface area (Å²) in [6.45, 7) is 1.44. The van der Waals surface area contributed by atoms with Crippen LogP contribution in [0.4, 0.5) is 11.4 Å². The number of aromatic amines is 1. The molecule has 0 radical (unpaired) electrons. The third kappa shape index (κ3) is 5.30. The number of halogens is 1. The van der Waals surface area contributed by atoms with E-state index >= 15 is 0 Å². The number of rotatable bonds is 8. The SMILES string of the molecule is COc1c(Cl)cccc1Nc1c(-c2ccncc2OC[C@@H]2CN(S(C)(=O)=O)CCO2)[nH]c2c1C(=O)NCC2. The molecule has 2 aliphatic heterocycles. The molecular formula is C25H28ClN5O6S. The highest BCUT2D eigenvalue weighted by Gasteiger charge is 2.30. The molecule has 11 nitrogen and oxygen atoms in total. The van der Waals surface area contributed by atoms with Crippen molar-refractivity contribution in [2.45, 2.75) is 12.5 Å². The van der Waals surface area contributed by atoms with E-state index in [0.29, 0.717) is 64.2 Å². The van der Waals surface area contributed by atoms with E-state index in [-0.39, 0.29) is 25.7 Å². The number of morpholine rings is 1. The molecule has 0 unspecified atom stereocenters. The molecule has 0 aliphatic carbocycles. The van der Waals surface area contributed by atoms with Crippen molar-refractivity contribution in [1.82, 2.24) is 19.6 Å². The smallest absolute Gasteiger partial charge is 0.255 e. The van der Waals surface area contributed by atoms with Crippen LogP contribution in [0.3, 0.4) is 0 Å². The maximum Gasteiger partial charge on any atom is 0.255 e. The zero-order chi connectivity index (χ0) is 26.9. The summed E-state index contributed by atoms with van der Waals surface area (Å²) < 4.78 is 42.7. The topological polar surface area (TPSA) is 135 Å². The lowest BCUT2D eigenvalue weighted by molar-refractivity contribution is -0.0247. The first kappa shape index (κ1) is 26.3. The number of aromatic nitrogens is 2. The van der Waals surface area contributed by atoms with E-state index in [0.717, 1.165) is 5.69 Å². The Labute approximate surface area is 225 Å². The number of para-hydroxylation sites is 1. The van der Waals surface area contributed by atoms with Crippen LogP contribution in [0.5, 0.6) is 11.5 Å². The summed E-state index contributed by atoms with van der Waals surface area (Å²) in [6, 6.07) is 7.11. The van der Waals surface area contributed by atoms with Gasteiger partial charge in [-0.1, -0.05) is 17.7 Å². The van der Waals surface area contributed by atoms with E-state index in [4.69, 9.17) is 25.8 Å². The number of hydrogen-bond acceptors (Lipinski definition) is 8. The van der Waals surface area contributed by atoms with Gasteiger partial charge in [-0.2, -0.15) is 4.31 Å². The lowest BCUT2D eigenvalue weighted by Crippen LogP contribution is -2.47.